The zero-order chi connectivity index (χ0) is 14.5. The smallest absolute Gasteiger partial charge is 0.359 e. The number of rotatable bonds is 5. The SMILES string of the molecule is CCOC(=O)c1nn(CCC#N)c2c1C(CN)CCC2. The van der Waals surface area contributed by atoms with E-state index < -0.39 is 0 Å². The van der Waals surface area contributed by atoms with Crippen molar-refractivity contribution in [3.63, 3.8) is 0 Å². The molecule has 1 heterocycles. The van der Waals surface area contributed by atoms with Gasteiger partial charge in [0.05, 0.1) is 25.6 Å². The molecule has 2 N–H and O–H groups in total. The molecule has 1 aliphatic rings. The second-order valence-corrected chi connectivity index (χ2v) is 4.89. The molecule has 6 nitrogen and oxygen atoms in total. The highest BCUT2D eigenvalue weighted by Crippen LogP contribution is 2.34. The molecular weight excluding hydrogens is 256 g/mol. The van der Waals surface area contributed by atoms with Crippen LogP contribution in [0.15, 0.2) is 0 Å². The number of aromatic nitrogens is 2. The first-order chi connectivity index (χ1) is 9.72. The number of nitriles is 1. The average Bonchev–Trinajstić information content (AvgIpc) is 2.84. The van der Waals surface area contributed by atoms with Gasteiger partial charge >= 0.3 is 5.97 Å². The van der Waals surface area contributed by atoms with E-state index in [0.717, 1.165) is 30.5 Å². The van der Waals surface area contributed by atoms with E-state index >= 15 is 0 Å². The molecule has 1 unspecified atom stereocenters. The van der Waals surface area contributed by atoms with Gasteiger partial charge in [-0.05, 0) is 32.7 Å². The zero-order valence-corrected chi connectivity index (χ0v) is 11.8. The van der Waals surface area contributed by atoms with Gasteiger partial charge in [-0.3, -0.25) is 4.68 Å². The lowest BCUT2D eigenvalue weighted by molar-refractivity contribution is 0.0516. The van der Waals surface area contributed by atoms with Crippen molar-refractivity contribution >= 4 is 5.97 Å². The van der Waals surface area contributed by atoms with Crippen molar-refractivity contribution in [1.29, 1.82) is 5.26 Å². The molecule has 1 aliphatic carbocycles. The second-order valence-electron chi connectivity index (χ2n) is 4.89. The maximum Gasteiger partial charge on any atom is 0.359 e. The highest BCUT2D eigenvalue weighted by molar-refractivity contribution is 5.89. The Labute approximate surface area is 118 Å². The van der Waals surface area contributed by atoms with E-state index in [2.05, 4.69) is 11.2 Å². The zero-order valence-electron chi connectivity index (χ0n) is 11.8. The van der Waals surface area contributed by atoms with E-state index in [1.54, 1.807) is 11.6 Å². The Morgan fingerprint density at radius 2 is 2.45 bits per heavy atom. The Balaban J connectivity index is 2.42. The number of nitrogens with two attached hydrogens (primary N) is 1. The lowest BCUT2D eigenvalue weighted by atomic mass is 9.85. The largest absolute Gasteiger partial charge is 0.461 e. The molecule has 0 aromatic carbocycles. The summed E-state index contributed by atoms with van der Waals surface area (Å²) in [5.41, 5.74) is 8.20. The van der Waals surface area contributed by atoms with Gasteiger partial charge in [0.15, 0.2) is 5.69 Å². The van der Waals surface area contributed by atoms with Crippen molar-refractivity contribution in [3.05, 3.63) is 17.0 Å². The molecule has 2 rings (SSSR count). The first-order valence-corrected chi connectivity index (χ1v) is 7.06. The van der Waals surface area contributed by atoms with Crippen molar-refractivity contribution in [2.75, 3.05) is 13.2 Å². The van der Waals surface area contributed by atoms with Crippen LogP contribution in [0.1, 0.15) is 53.8 Å². The highest BCUT2D eigenvalue weighted by atomic mass is 16.5. The second kappa shape index (κ2) is 6.53. The van der Waals surface area contributed by atoms with Gasteiger partial charge in [-0.1, -0.05) is 0 Å². The number of carbonyl (C=O) groups excluding carboxylic acids is 1. The van der Waals surface area contributed by atoms with Crippen LogP contribution in [0.4, 0.5) is 0 Å². The Bertz CT molecular complexity index is 530. The van der Waals surface area contributed by atoms with Gasteiger partial charge in [0, 0.05) is 17.2 Å². The molecule has 0 spiro atoms. The highest BCUT2D eigenvalue weighted by Gasteiger charge is 2.31. The van der Waals surface area contributed by atoms with Crippen molar-refractivity contribution in [2.45, 2.75) is 45.1 Å². The topological polar surface area (TPSA) is 93.9 Å². The number of hydrogen-bond acceptors (Lipinski definition) is 5. The van der Waals surface area contributed by atoms with Gasteiger partial charge in [0.25, 0.3) is 0 Å². The molecule has 0 saturated carbocycles. The summed E-state index contributed by atoms with van der Waals surface area (Å²) < 4.78 is 6.87. The third kappa shape index (κ3) is 2.68. The molecule has 1 aromatic heterocycles. The third-order valence-corrected chi connectivity index (χ3v) is 3.66. The molecule has 0 aliphatic heterocycles. The summed E-state index contributed by atoms with van der Waals surface area (Å²) >= 11 is 0. The van der Waals surface area contributed by atoms with Crippen molar-refractivity contribution in [3.8, 4) is 6.07 Å². The monoisotopic (exact) mass is 276 g/mol. The van der Waals surface area contributed by atoms with Gasteiger partial charge in [-0.25, -0.2) is 4.79 Å². The van der Waals surface area contributed by atoms with E-state index in [1.165, 1.54) is 0 Å². The molecule has 20 heavy (non-hydrogen) atoms. The van der Waals surface area contributed by atoms with Crippen molar-refractivity contribution < 1.29 is 9.53 Å². The van der Waals surface area contributed by atoms with Gasteiger partial charge in [0.2, 0.25) is 0 Å². The fraction of sp³-hybridized carbons (Fsp3) is 0.643. The predicted molar refractivity (Wildman–Crippen MR) is 73.1 cm³/mol. The molecule has 0 bridgehead atoms. The maximum absolute atomic E-state index is 12.1. The van der Waals surface area contributed by atoms with Crippen LogP contribution in [0.2, 0.25) is 0 Å². The van der Waals surface area contributed by atoms with E-state index in [4.69, 9.17) is 15.7 Å². The first-order valence-electron chi connectivity index (χ1n) is 7.06. The van der Waals surface area contributed by atoms with E-state index in [1.807, 2.05) is 0 Å². The lowest BCUT2D eigenvalue weighted by Crippen LogP contribution is -2.21. The van der Waals surface area contributed by atoms with Crippen LogP contribution in [-0.4, -0.2) is 28.9 Å². The van der Waals surface area contributed by atoms with Gasteiger partial charge in [-0.2, -0.15) is 10.4 Å². The van der Waals surface area contributed by atoms with E-state index in [9.17, 15) is 4.79 Å². The fourth-order valence-corrected chi connectivity index (χ4v) is 2.79. The molecule has 6 heteroatoms. The first kappa shape index (κ1) is 14.5. The fourth-order valence-electron chi connectivity index (χ4n) is 2.79. The molecular formula is C14H20N4O2. The lowest BCUT2D eigenvalue weighted by Gasteiger charge is -2.22. The summed E-state index contributed by atoms with van der Waals surface area (Å²) in [6.45, 7) is 3.11. The molecule has 108 valence electrons. The molecule has 0 saturated heterocycles. The summed E-state index contributed by atoms with van der Waals surface area (Å²) in [5, 5.41) is 13.1. The van der Waals surface area contributed by atoms with Crippen LogP contribution in [-0.2, 0) is 17.7 Å². The molecule has 1 aromatic rings. The summed E-state index contributed by atoms with van der Waals surface area (Å²) in [6.07, 6.45) is 3.27. The number of hydrogen-bond donors (Lipinski definition) is 1. The van der Waals surface area contributed by atoms with Crippen LogP contribution in [0.25, 0.3) is 0 Å². The normalized spacial score (nSPS) is 17.4. The number of aryl methyl sites for hydroxylation is 1. The summed E-state index contributed by atoms with van der Waals surface area (Å²) in [4.78, 5) is 12.1. The Morgan fingerprint density at radius 1 is 1.65 bits per heavy atom. The van der Waals surface area contributed by atoms with E-state index in [0.29, 0.717) is 31.8 Å². The number of esters is 1. The minimum atomic E-state index is -0.389. The predicted octanol–water partition coefficient (Wildman–Crippen LogP) is 1.35. The van der Waals surface area contributed by atoms with Gasteiger partial charge in [0.1, 0.15) is 0 Å². The summed E-state index contributed by atoms with van der Waals surface area (Å²) in [5.74, 6) is -0.228. The summed E-state index contributed by atoms with van der Waals surface area (Å²) in [6, 6.07) is 2.11. The van der Waals surface area contributed by atoms with Crippen LogP contribution >= 0.6 is 0 Å². The Kier molecular flexibility index (Phi) is 4.74. The number of fused-ring (bicyclic) bond motifs is 1. The van der Waals surface area contributed by atoms with Crippen LogP contribution in [0.3, 0.4) is 0 Å². The van der Waals surface area contributed by atoms with E-state index in [-0.39, 0.29) is 11.9 Å². The standard InChI is InChI=1S/C14H20N4O2/c1-2-20-14(19)13-12-10(9-16)5-3-6-11(12)18(17-13)8-4-7-15/h10H,2-6,8-9,16H2,1H3. The number of carbonyl (C=O) groups is 1. The maximum atomic E-state index is 12.1. The van der Waals surface area contributed by atoms with Crippen LogP contribution in [0.5, 0.6) is 0 Å². The molecule has 0 amide bonds. The van der Waals surface area contributed by atoms with Crippen LogP contribution < -0.4 is 5.73 Å². The number of nitrogens with zero attached hydrogens (tertiary/aromatic N) is 3. The van der Waals surface area contributed by atoms with Crippen molar-refractivity contribution in [1.82, 2.24) is 9.78 Å². The Morgan fingerprint density at radius 3 is 3.10 bits per heavy atom. The number of ether oxygens (including phenoxy) is 1. The summed E-state index contributed by atoms with van der Waals surface area (Å²) in [7, 11) is 0. The molecule has 1 atom stereocenters. The third-order valence-electron chi connectivity index (χ3n) is 3.66. The quantitative estimate of drug-likeness (QED) is 0.819. The van der Waals surface area contributed by atoms with Gasteiger partial charge < -0.3 is 10.5 Å². The van der Waals surface area contributed by atoms with Crippen LogP contribution in [0, 0.1) is 11.3 Å². The minimum absolute atomic E-state index is 0.161. The minimum Gasteiger partial charge on any atom is -0.461 e. The molecule has 0 radical (unpaired) electrons. The average molecular weight is 276 g/mol. The molecule has 0 fully saturated rings. The Hall–Kier alpha value is -1.87. The van der Waals surface area contributed by atoms with Crippen molar-refractivity contribution in [2.24, 2.45) is 5.73 Å². The van der Waals surface area contributed by atoms with Gasteiger partial charge in [-0.15, -0.1) is 0 Å².